The molecule has 1 amide bonds. The highest BCUT2D eigenvalue weighted by Gasteiger charge is 2.23. The molecule has 0 spiro atoms. The Bertz CT molecular complexity index is 743. The molecule has 2 aromatic rings. The second kappa shape index (κ2) is 6.75. The fraction of sp³-hybridized carbons (Fsp3) is 0.375. The zero-order valence-corrected chi connectivity index (χ0v) is 13.6. The van der Waals surface area contributed by atoms with Gasteiger partial charge < -0.3 is 10.2 Å². The van der Waals surface area contributed by atoms with Crippen molar-refractivity contribution in [3.05, 3.63) is 40.0 Å². The van der Waals surface area contributed by atoms with Crippen LogP contribution in [0.5, 0.6) is 0 Å². The van der Waals surface area contributed by atoms with E-state index in [1.165, 1.54) is 11.3 Å². The van der Waals surface area contributed by atoms with E-state index in [1.807, 2.05) is 6.92 Å². The second-order valence-electron chi connectivity index (χ2n) is 5.47. The van der Waals surface area contributed by atoms with Gasteiger partial charge in [0.2, 0.25) is 0 Å². The minimum absolute atomic E-state index is 0.108. The number of pyridine rings is 1. The first-order valence-corrected chi connectivity index (χ1v) is 8.38. The van der Waals surface area contributed by atoms with Crippen molar-refractivity contribution in [2.75, 3.05) is 18.0 Å². The molecule has 0 aliphatic carbocycles. The van der Waals surface area contributed by atoms with Crippen molar-refractivity contribution >= 4 is 23.1 Å². The zero-order valence-electron chi connectivity index (χ0n) is 12.8. The van der Waals surface area contributed by atoms with Gasteiger partial charge in [-0.2, -0.15) is 5.26 Å². The molecule has 7 heteroatoms. The van der Waals surface area contributed by atoms with Gasteiger partial charge in [0, 0.05) is 30.7 Å². The number of carbonyl (C=O) groups is 1. The van der Waals surface area contributed by atoms with Gasteiger partial charge in [-0.3, -0.25) is 4.79 Å². The van der Waals surface area contributed by atoms with E-state index in [9.17, 15) is 4.79 Å². The predicted molar refractivity (Wildman–Crippen MR) is 88.5 cm³/mol. The lowest BCUT2D eigenvalue weighted by molar-refractivity contribution is 0.0926. The summed E-state index contributed by atoms with van der Waals surface area (Å²) in [4.78, 5) is 22.8. The Morgan fingerprint density at radius 2 is 2.26 bits per heavy atom. The minimum atomic E-state index is -0.108. The number of amides is 1. The second-order valence-corrected chi connectivity index (χ2v) is 6.54. The summed E-state index contributed by atoms with van der Waals surface area (Å²) in [6.07, 6.45) is 3.36. The smallest absolute Gasteiger partial charge is 0.270 e. The number of nitrogens with one attached hydrogen (secondary N) is 1. The number of piperidine rings is 1. The van der Waals surface area contributed by atoms with Gasteiger partial charge in [-0.25, -0.2) is 9.97 Å². The number of anilines is 1. The van der Waals surface area contributed by atoms with Crippen LogP contribution in [-0.2, 0) is 0 Å². The third-order valence-electron chi connectivity index (χ3n) is 3.89. The molecule has 3 rings (SSSR count). The number of aryl methyl sites for hydroxylation is 1. The summed E-state index contributed by atoms with van der Waals surface area (Å²) in [5.74, 6) is 0.623. The van der Waals surface area contributed by atoms with Crippen LogP contribution in [0.3, 0.4) is 0 Å². The summed E-state index contributed by atoms with van der Waals surface area (Å²) in [7, 11) is 0. The normalized spacial score (nSPS) is 15.2. The fourth-order valence-corrected chi connectivity index (χ4v) is 3.29. The number of thiazole rings is 1. The van der Waals surface area contributed by atoms with Crippen LogP contribution in [0, 0.1) is 18.3 Å². The lowest BCUT2D eigenvalue weighted by Crippen LogP contribution is -2.45. The molecule has 1 aliphatic rings. The molecule has 1 saturated heterocycles. The molecular formula is C16H17N5OS. The maximum atomic E-state index is 12.1. The monoisotopic (exact) mass is 327 g/mol. The van der Waals surface area contributed by atoms with Crippen molar-refractivity contribution in [3.63, 3.8) is 0 Å². The van der Waals surface area contributed by atoms with Crippen LogP contribution in [0.15, 0.2) is 23.7 Å². The van der Waals surface area contributed by atoms with Crippen molar-refractivity contribution in [1.29, 1.82) is 5.26 Å². The molecule has 0 radical (unpaired) electrons. The Labute approximate surface area is 138 Å². The summed E-state index contributed by atoms with van der Waals surface area (Å²) in [6.45, 7) is 3.43. The van der Waals surface area contributed by atoms with Crippen molar-refractivity contribution in [2.45, 2.75) is 25.8 Å². The quantitative estimate of drug-likeness (QED) is 0.934. The summed E-state index contributed by atoms with van der Waals surface area (Å²) < 4.78 is 0. The van der Waals surface area contributed by atoms with Crippen molar-refractivity contribution in [3.8, 4) is 6.07 Å². The van der Waals surface area contributed by atoms with Crippen molar-refractivity contribution in [2.24, 2.45) is 0 Å². The molecule has 0 unspecified atom stereocenters. The Kier molecular flexibility index (Phi) is 4.53. The molecule has 0 bridgehead atoms. The third kappa shape index (κ3) is 3.48. The van der Waals surface area contributed by atoms with E-state index in [4.69, 9.17) is 5.26 Å². The van der Waals surface area contributed by atoms with Gasteiger partial charge in [0.25, 0.3) is 5.91 Å². The van der Waals surface area contributed by atoms with Crippen LogP contribution in [0.4, 0.5) is 5.82 Å². The number of nitrogens with zero attached hydrogens (tertiary/aromatic N) is 4. The first kappa shape index (κ1) is 15.4. The average molecular weight is 327 g/mol. The molecule has 0 aromatic carbocycles. The van der Waals surface area contributed by atoms with Gasteiger partial charge in [-0.1, -0.05) is 0 Å². The molecule has 1 fully saturated rings. The highest BCUT2D eigenvalue weighted by atomic mass is 32.1. The lowest BCUT2D eigenvalue weighted by atomic mass is 10.0. The van der Waals surface area contributed by atoms with E-state index in [2.05, 4.69) is 26.3 Å². The maximum absolute atomic E-state index is 12.1. The molecule has 1 aliphatic heterocycles. The van der Waals surface area contributed by atoms with Gasteiger partial charge in [0.15, 0.2) is 0 Å². The molecule has 1 N–H and O–H groups in total. The van der Waals surface area contributed by atoms with Gasteiger partial charge in [0.1, 0.15) is 17.6 Å². The highest BCUT2D eigenvalue weighted by molar-refractivity contribution is 7.09. The average Bonchev–Trinajstić information content (AvgIpc) is 3.02. The molecule has 2 aromatic heterocycles. The molecule has 6 nitrogen and oxygen atoms in total. The molecular weight excluding hydrogens is 310 g/mol. The van der Waals surface area contributed by atoms with Gasteiger partial charge in [-0.15, -0.1) is 11.3 Å². The number of aromatic nitrogens is 2. The van der Waals surface area contributed by atoms with E-state index < -0.39 is 0 Å². The Morgan fingerprint density at radius 1 is 1.48 bits per heavy atom. The van der Waals surface area contributed by atoms with Crippen LogP contribution < -0.4 is 10.2 Å². The number of hydrogen-bond donors (Lipinski definition) is 1. The van der Waals surface area contributed by atoms with Crippen LogP contribution in [0.25, 0.3) is 0 Å². The molecule has 0 saturated carbocycles. The summed E-state index contributed by atoms with van der Waals surface area (Å²) in [6, 6.07) is 5.86. The largest absolute Gasteiger partial charge is 0.355 e. The minimum Gasteiger partial charge on any atom is -0.355 e. The van der Waals surface area contributed by atoms with Gasteiger partial charge in [-0.05, 0) is 31.9 Å². The maximum Gasteiger partial charge on any atom is 0.270 e. The first-order valence-electron chi connectivity index (χ1n) is 7.50. The predicted octanol–water partition coefficient (Wildman–Crippen LogP) is 2.12. The van der Waals surface area contributed by atoms with E-state index in [0.717, 1.165) is 36.8 Å². The third-order valence-corrected chi connectivity index (χ3v) is 4.66. The number of hydrogen-bond acceptors (Lipinski definition) is 6. The van der Waals surface area contributed by atoms with Crippen LogP contribution in [0.1, 0.15) is 33.9 Å². The topological polar surface area (TPSA) is 81.9 Å². The summed E-state index contributed by atoms with van der Waals surface area (Å²) in [5.41, 5.74) is 1.08. The van der Waals surface area contributed by atoms with E-state index in [-0.39, 0.29) is 11.9 Å². The number of carbonyl (C=O) groups excluding carboxylic acids is 1. The first-order chi connectivity index (χ1) is 11.2. The molecule has 23 heavy (non-hydrogen) atoms. The van der Waals surface area contributed by atoms with Crippen molar-refractivity contribution in [1.82, 2.24) is 15.3 Å². The SMILES string of the molecule is Cc1nc(C(=O)NC2CCN(c3ncccc3C#N)CC2)cs1. The number of nitriles is 1. The van der Waals surface area contributed by atoms with Gasteiger partial charge >= 0.3 is 0 Å². The Balaban J connectivity index is 1.58. The zero-order chi connectivity index (χ0) is 16.2. The molecule has 118 valence electrons. The highest BCUT2D eigenvalue weighted by Crippen LogP contribution is 2.21. The molecule has 3 heterocycles. The van der Waals surface area contributed by atoms with E-state index in [0.29, 0.717) is 11.3 Å². The van der Waals surface area contributed by atoms with E-state index >= 15 is 0 Å². The Hall–Kier alpha value is -2.46. The summed E-state index contributed by atoms with van der Waals surface area (Å²) in [5, 5.41) is 14.9. The van der Waals surface area contributed by atoms with Crippen LogP contribution in [0.2, 0.25) is 0 Å². The van der Waals surface area contributed by atoms with E-state index in [1.54, 1.807) is 23.7 Å². The summed E-state index contributed by atoms with van der Waals surface area (Å²) >= 11 is 1.48. The number of rotatable bonds is 3. The van der Waals surface area contributed by atoms with Crippen molar-refractivity contribution < 1.29 is 4.79 Å². The lowest BCUT2D eigenvalue weighted by Gasteiger charge is -2.33. The van der Waals surface area contributed by atoms with Crippen LogP contribution in [-0.4, -0.2) is 35.0 Å². The molecule has 0 atom stereocenters. The van der Waals surface area contributed by atoms with Crippen LogP contribution >= 0.6 is 11.3 Å². The standard InChI is InChI=1S/C16H17N5OS/c1-11-19-14(10-23-11)16(22)20-13-4-7-21(8-5-13)15-12(9-17)3-2-6-18-15/h2-3,6,10,13H,4-5,7-8H2,1H3,(H,20,22). The van der Waals surface area contributed by atoms with Gasteiger partial charge in [0.05, 0.1) is 10.6 Å². The fourth-order valence-electron chi connectivity index (χ4n) is 2.70. The Morgan fingerprint density at radius 3 is 2.91 bits per heavy atom.